The van der Waals surface area contributed by atoms with E-state index in [2.05, 4.69) is 63.6 Å². The van der Waals surface area contributed by atoms with Gasteiger partial charge in [-0.3, -0.25) is 15.4 Å². The molecule has 0 bridgehead atoms. The van der Waals surface area contributed by atoms with Gasteiger partial charge < -0.3 is 10.2 Å². The second kappa shape index (κ2) is 9.43. The normalized spacial score (nSPS) is 12.7. The standard InChI is InChI=1S/C31H34N4O2/c1-18-19(21(30(2,3)4)16-23(32)28-25(36)10-8-14-33-28)12-13-20-22(31(5,6)7)17-24(35-27(18)20)29-26(37)11-9-15-34-29/h8-17,32,36-37H,1-7H3/b21-16+,32-23?. The summed E-state index contributed by atoms with van der Waals surface area (Å²) in [6.45, 7) is 14.8. The molecule has 3 aromatic heterocycles. The summed E-state index contributed by atoms with van der Waals surface area (Å²) in [5.41, 5.74) is 5.77. The molecule has 0 aliphatic rings. The number of benzene rings is 1. The molecule has 4 aromatic rings. The van der Waals surface area contributed by atoms with Crippen LogP contribution in [0.3, 0.4) is 0 Å². The third kappa shape index (κ3) is 5.10. The molecule has 3 N–H and O–H groups in total. The Bertz CT molecular complexity index is 1540. The van der Waals surface area contributed by atoms with Crippen LogP contribution < -0.4 is 0 Å². The van der Waals surface area contributed by atoms with Crippen molar-refractivity contribution in [2.75, 3.05) is 0 Å². The SMILES string of the molecule is Cc1c(/C(=C\C(=N)c2ncccc2O)C(C)(C)C)ccc2c(C(C)(C)C)cc(-c3ncccc3O)nc12. The molecule has 0 aliphatic carbocycles. The highest BCUT2D eigenvalue weighted by atomic mass is 16.3. The van der Waals surface area contributed by atoms with E-state index in [1.165, 1.54) is 6.07 Å². The maximum Gasteiger partial charge on any atom is 0.143 e. The third-order valence-electron chi connectivity index (χ3n) is 6.50. The first-order valence-electron chi connectivity index (χ1n) is 12.3. The summed E-state index contributed by atoms with van der Waals surface area (Å²) in [4.78, 5) is 13.6. The van der Waals surface area contributed by atoms with Crippen molar-refractivity contribution < 1.29 is 10.2 Å². The Kier molecular flexibility index (Phi) is 6.63. The quantitative estimate of drug-likeness (QED) is 0.260. The zero-order valence-electron chi connectivity index (χ0n) is 22.5. The van der Waals surface area contributed by atoms with Crippen LogP contribution in [0.5, 0.6) is 11.5 Å². The van der Waals surface area contributed by atoms with Crippen molar-refractivity contribution in [2.24, 2.45) is 5.41 Å². The first kappa shape index (κ1) is 26.0. The molecule has 1 aromatic carbocycles. The molecule has 0 amide bonds. The summed E-state index contributed by atoms with van der Waals surface area (Å²) < 4.78 is 0. The predicted octanol–water partition coefficient (Wildman–Crippen LogP) is 7.21. The van der Waals surface area contributed by atoms with E-state index in [9.17, 15) is 10.2 Å². The average molecular weight is 495 g/mol. The van der Waals surface area contributed by atoms with E-state index < -0.39 is 0 Å². The summed E-state index contributed by atoms with van der Waals surface area (Å²) in [6.07, 6.45) is 5.01. The van der Waals surface area contributed by atoms with Gasteiger partial charge in [0.05, 0.1) is 16.9 Å². The fraction of sp³-hybridized carbons (Fsp3) is 0.290. The molecule has 37 heavy (non-hydrogen) atoms. The lowest BCUT2D eigenvalue weighted by Gasteiger charge is -2.27. The van der Waals surface area contributed by atoms with Gasteiger partial charge in [0.2, 0.25) is 0 Å². The topological polar surface area (TPSA) is 103 Å². The Morgan fingerprint density at radius 1 is 0.892 bits per heavy atom. The number of nitrogens with one attached hydrogen (secondary N) is 1. The van der Waals surface area contributed by atoms with Crippen LogP contribution in [-0.4, -0.2) is 30.9 Å². The van der Waals surface area contributed by atoms with Gasteiger partial charge in [-0.1, -0.05) is 53.7 Å². The molecule has 6 nitrogen and oxygen atoms in total. The Hall–Kier alpha value is -4.06. The number of allylic oxidation sites excluding steroid dienone is 2. The van der Waals surface area contributed by atoms with Gasteiger partial charge in [-0.05, 0) is 76.4 Å². The summed E-state index contributed by atoms with van der Waals surface area (Å²) in [5, 5.41) is 30.5. The minimum absolute atomic E-state index is 0.0245. The second-order valence-corrected chi connectivity index (χ2v) is 11.4. The second-order valence-electron chi connectivity index (χ2n) is 11.4. The Balaban J connectivity index is 2.00. The van der Waals surface area contributed by atoms with E-state index in [4.69, 9.17) is 10.4 Å². The molecule has 0 fully saturated rings. The zero-order chi connectivity index (χ0) is 27.1. The van der Waals surface area contributed by atoms with Crippen LogP contribution in [0.1, 0.15) is 63.9 Å². The van der Waals surface area contributed by atoms with Crippen molar-refractivity contribution in [2.45, 2.75) is 53.9 Å². The number of fused-ring (bicyclic) bond motifs is 1. The third-order valence-corrected chi connectivity index (χ3v) is 6.50. The monoisotopic (exact) mass is 494 g/mol. The molecule has 0 saturated heterocycles. The van der Waals surface area contributed by atoms with Gasteiger partial charge in [0.1, 0.15) is 22.9 Å². The van der Waals surface area contributed by atoms with Crippen LogP contribution in [0, 0.1) is 17.7 Å². The van der Waals surface area contributed by atoms with E-state index in [1.54, 1.807) is 36.7 Å². The minimum atomic E-state index is -0.307. The first-order chi connectivity index (χ1) is 17.3. The highest BCUT2D eigenvalue weighted by Crippen LogP contribution is 2.41. The lowest BCUT2D eigenvalue weighted by molar-refractivity contribution is 0.471. The smallest absolute Gasteiger partial charge is 0.143 e. The Morgan fingerprint density at radius 3 is 2.14 bits per heavy atom. The molecule has 190 valence electrons. The van der Waals surface area contributed by atoms with Crippen molar-refractivity contribution >= 4 is 22.2 Å². The van der Waals surface area contributed by atoms with Gasteiger partial charge in [-0.2, -0.15) is 0 Å². The van der Waals surface area contributed by atoms with Crippen LogP contribution in [0.2, 0.25) is 0 Å². The lowest BCUT2D eigenvalue weighted by atomic mass is 9.78. The number of rotatable bonds is 4. The van der Waals surface area contributed by atoms with Crippen molar-refractivity contribution in [3.63, 3.8) is 0 Å². The van der Waals surface area contributed by atoms with Crippen LogP contribution in [0.15, 0.2) is 60.9 Å². The van der Waals surface area contributed by atoms with E-state index in [0.29, 0.717) is 11.4 Å². The Labute approximate surface area is 218 Å². The van der Waals surface area contributed by atoms with E-state index in [-0.39, 0.29) is 33.7 Å². The number of nitrogens with zero attached hydrogens (tertiary/aromatic N) is 3. The number of hydrogen-bond acceptors (Lipinski definition) is 6. The number of aromatic nitrogens is 3. The zero-order valence-corrected chi connectivity index (χ0v) is 22.5. The van der Waals surface area contributed by atoms with Crippen LogP contribution >= 0.6 is 0 Å². The molecule has 0 atom stereocenters. The van der Waals surface area contributed by atoms with Crippen molar-refractivity contribution in [1.82, 2.24) is 15.0 Å². The molecule has 3 heterocycles. The molecular weight excluding hydrogens is 460 g/mol. The van der Waals surface area contributed by atoms with Gasteiger partial charge in [0, 0.05) is 17.8 Å². The summed E-state index contributed by atoms with van der Waals surface area (Å²) in [5.74, 6) is 0.0606. The number of hydrogen-bond donors (Lipinski definition) is 3. The first-order valence-corrected chi connectivity index (χ1v) is 12.3. The molecule has 0 radical (unpaired) electrons. The lowest BCUT2D eigenvalue weighted by Crippen LogP contribution is -2.15. The average Bonchev–Trinajstić information content (AvgIpc) is 2.82. The molecule has 0 unspecified atom stereocenters. The van der Waals surface area contributed by atoms with E-state index in [0.717, 1.165) is 33.2 Å². The highest BCUT2D eigenvalue weighted by molar-refractivity contribution is 6.11. The van der Waals surface area contributed by atoms with Crippen LogP contribution in [-0.2, 0) is 5.41 Å². The fourth-order valence-electron chi connectivity index (χ4n) is 4.57. The van der Waals surface area contributed by atoms with Gasteiger partial charge >= 0.3 is 0 Å². The summed E-state index contributed by atoms with van der Waals surface area (Å²) in [7, 11) is 0. The molecule has 0 saturated carbocycles. The van der Waals surface area contributed by atoms with Crippen molar-refractivity contribution in [3.05, 3.63) is 83.3 Å². The number of aromatic hydroxyl groups is 2. The predicted molar refractivity (Wildman–Crippen MR) is 150 cm³/mol. The summed E-state index contributed by atoms with van der Waals surface area (Å²) >= 11 is 0. The minimum Gasteiger partial charge on any atom is -0.506 e. The van der Waals surface area contributed by atoms with Crippen molar-refractivity contribution in [1.29, 1.82) is 5.41 Å². The molecule has 0 spiro atoms. The largest absolute Gasteiger partial charge is 0.506 e. The van der Waals surface area contributed by atoms with Gasteiger partial charge in [0.15, 0.2) is 0 Å². The molecule has 0 aliphatic heterocycles. The Morgan fingerprint density at radius 2 is 1.54 bits per heavy atom. The van der Waals surface area contributed by atoms with Gasteiger partial charge in [-0.25, -0.2) is 4.98 Å². The van der Waals surface area contributed by atoms with Gasteiger partial charge in [-0.15, -0.1) is 0 Å². The van der Waals surface area contributed by atoms with Gasteiger partial charge in [0.25, 0.3) is 0 Å². The van der Waals surface area contributed by atoms with Crippen molar-refractivity contribution in [3.8, 4) is 22.9 Å². The number of pyridine rings is 3. The maximum atomic E-state index is 10.5. The summed E-state index contributed by atoms with van der Waals surface area (Å²) in [6, 6.07) is 12.7. The molecule has 4 rings (SSSR count). The maximum absolute atomic E-state index is 10.5. The van der Waals surface area contributed by atoms with E-state index >= 15 is 0 Å². The fourth-order valence-corrected chi connectivity index (χ4v) is 4.57. The van der Waals surface area contributed by atoms with E-state index in [1.807, 2.05) is 13.0 Å². The van der Waals surface area contributed by atoms with Crippen LogP contribution in [0.4, 0.5) is 0 Å². The molecular formula is C31H34N4O2. The highest BCUT2D eigenvalue weighted by Gasteiger charge is 2.26. The van der Waals surface area contributed by atoms with Crippen LogP contribution in [0.25, 0.3) is 27.9 Å². The number of aryl methyl sites for hydroxylation is 1. The molecule has 6 heteroatoms.